The molecule has 2 aromatic rings. The first-order chi connectivity index (χ1) is 9.66. The molecule has 0 spiro atoms. The van der Waals surface area contributed by atoms with Gasteiger partial charge in [0.1, 0.15) is 5.75 Å². The van der Waals surface area contributed by atoms with Gasteiger partial charge in [-0.1, -0.05) is 18.2 Å². The van der Waals surface area contributed by atoms with Gasteiger partial charge in [-0.25, -0.2) is 13.8 Å². The molecule has 20 heavy (non-hydrogen) atoms. The van der Waals surface area contributed by atoms with Crippen LogP contribution >= 0.6 is 0 Å². The number of nitrogens with two attached hydrogens (primary N) is 1. The van der Waals surface area contributed by atoms with Gasteiger partial charge in [0, 0.05) is 12.6 Å². The van der Waals surface area contributed by atoms with Crippen molar-refractivity contribution in [3.8, 4) is 5.75 Å². The summed E-state index contributed by atoms with van der Waals surface area (Å²) >= 11 is 0. The maximum atomic E-state index is 13.4. The molecule has 4 nitrogen and oxygen atoms in total. The highest BCUT2D eigenvalue weighted by Gasteiger charge is 2.08. The quantitative estimate of drug-likeness (QED) is 0.798. The molecule has 0 fully saturated rings. The van der Waals surface area contributed by atoms with Crippen molar-refractivity contribution in [3.05, 3.63) is 48.0 Å². The van der Waals surface area contributed by atoms with Crippen LogP contribution in [0.1, 0.15) is 6.42 Å². The molecule has 1 aromatic heterocycles. The van der Waals surface area contributed by atoms with E-state index in [0.29, 0.717) is 25.6 Å². The Balaban J connectivity index is 1.75. The first kappa shape index (κ1) is 14.0. The standard InChI is InChI=1S/C14H15F2N3O/c15-11-9-12(16)14(19-13(11)17)18-7-4-8-20-10-5-2-1-3-6-10/h1-3,5-6,9H,4,7-8H2,(H3,17,18,19). The Bertz CT molecular complexity index is 564. The Labute approximate surface area is 115 Å². The van der Waals surface area contributed by atoms with E-state index in [-0.39, 0.29) is 11.6 Å². The number of nitrogen functional groups attached to an aromatic ring is 1. The largest absolute Gasteiger partial charge is 0.494 e. The Kier molecular flexibility index (Phi) is 4.70. The second-order valence-electron chi connectivity index (χ2n) is 4.13. The average Bonchev–Trinajstić information content (AvgIpc) is 2.45. The molecule has 106 valence electrons. The predicted molar refractivity (Wildman–Crippen MR) is 73.6 cm³/mol. The Morgan fingerprint density at radius 3 is 2.65 bits per heavy atom. The molecule has 1 heterocycles. The molecule has 0 atom stereocenters. The monoisotopic (exact) mass is 279 g/mol. The molecule has 0 aliphatic carbocycles. The van der Waals surface area contributed by atoms with Gasteiger partial charge in [0.2, 0.25) is 0 Å². The summed E-state index contributed by atoms with van der Waals surface area (Å²) in [7, 11) is 0. The summed E-state index contributed by atoms with van der Waals surface area (Å²) in [6.45, 7) is 0.928. The van der Waals surface area contributed by atoms with E-state index >= 15 is 0 Å². The van der Waals surface area contributed by atoms with Crippen molar-refractivity contribution in [1.29, 1.82) is 0 Å². The van der Waals surface area contributed by atoms with Crippen LogP contribution in [0.15, 0.2) is 36.4 Å². The summed E-state index contributed by atoms with van der Waals surface area (Å²) in [4.78, 5) is 3.60. The van der Waals surface area contributed by atoms with E-state index in [0.717, 1.165) is 5.75 Å². The lowest BCUT2D eigenvalue weighted by atomic mass is 10.3. The van der Waals surface area contributed by atoms with E-state index in [1.165, 1.54) is 0 Å². The minimum absolute atomic E-state index is 0.0522. The molecule has 0 saturated heterocycles. The van der Waals surface area contributed by atoms with Crippen LogP contribution < -0.4 is 15.8 Å². The number of rotatable bonds is 6. The second-order valence-corrected chi connectivity index (χ2v) is 4.13. The smallest absolute Gasteiger partial charge is 0.168 e. The maximum absolute atomic E-state index is 13.4. The number of halogens is 2. The third kappa shape index (κ3) is 3.81. The van der Waals surface area contributed by atoms with Gasteiger partial charge >= 0.3 is 0 Å². The summed E-state index contributed by atoms with van der Waals surface area (Å²) in [6.07, 6.45) is 0.646. The lowest BCUT2D eigenvalue weighted by molar-refractivity contribution is 0.315. The summed E-state index contributed by atoms with van der Waals surface area (Å²) in [6, 6.07) is 10.1. The highest BCUT2D eigenvalue weighted by atomic mass is 19.1. The topological polar surface area (TPSA) is 60.2 Å². The summed E-state index contributed by atoms with van der Waals surface area (Å²) < 4.78 is 31.7. The first-order valence-corrected chi connectivity index (χ1v) is 6.20. The van der Waals surface area contributed by atoms with Gasteiger partial charge in [-0.15, -0.1) is 0 Å². The van der Waals surface area contributed by atoms with Gasteiger partial charge in [-0.3, -0.25) is 0 Å². The summed E-state index contributed by atoms with van der Waals surface area (Å²) in [5.74, 6) is -1.22. The summed E-state index contributed by atoms with van der Waals surface area (Å²) in [5.41, 5.74) is 5.28. The van der Waals surface area contributed by atoms with Gasteiger partial charge in [0.05, 0.1) is 6.61 Å². The van der Waals surface area contributed by atoms with Crippen LogP contribution in [0.5, 0.6) is 5.75 Å². The number of pyridine rings is 1. The molecular weight excluding hydrogens is 264 g/mol. The van der Waals surface area contributed by atoms with Gasteiger partial charge in [-0.2, -0.15) is 0 Å². The zero-order chi connectivity index (χ0) is 14.4. The third-order valence-corrected chi connectivity index (χ3v) is 2.58. The number of nitrogens with one attached hydrogen (secondary N) is 1. The molecule has 0 unspecified atom stereocenters. The zero-order valence-electron chi connectivity index (χ0n) is 10.8. The molecule has 0 amide bonds. The van der Waals surface area contributed by atoms with Crippen molar-refractivity contribution >= 4 is 11.6 Å². The normalized spacial score (nSPS) is 10.3. The van der Waals surface area contributed by atoms with Crippen LogP contribution in [-0.4, -0.2) is 18.1 Å². The Hall–Kier alpha value is -2.37. The van der Waals surface area contributed by atoms with Crippen LogP contribution in [0.3, 0.4) is 0 Å². The van der Waals surface area contributed by atoms with Gasteiger partial charge in [0.15, 0.2) is 23.3 Å². The van der Waals surface area contributed by atoms with Gasteiger partial charge < -0.3 is 15.8 Å². The highest BCUT2D eigenvalue weighted by molar-refractivity contribution is 5.44. The molecule has 0 bridgehead atoms. The van der Waals surface area contributed by atoms with E-state index in [4.69, 9.17) is 10.5 Å². The fourth-order valence-electron chi connectivity index (χ4n) is 1.59. The number of anilines is 2. The number of aromatic nitrogens is 1. The first-order valence-electron chi connectivity index (χ1n) is 6.20. The molecule has 3 N–H and O–H groups in total. The van der Waals surface area contributed by atoms with E-state index < -0.39 is 11.6 Å². The number of benzene rings is 1. The fraction of sp³-hybridized carbons (Fsp3) is 0.214. The lowest BCUT2D eigenvalue weighted by Gasteiger charge is -2.09. The maximum Gasteiger partial charge on any atom is 0.168 e. The highest BCUT2D eigenvalue weighted by Crippen LogP contribution is 2.16. The number of hydrogen-bond donors (Lipinski definition) is 2. The van der Waals surface area contributed by atoms with Gasteiger partial charge in [-0.05, 0) is 18.6 Å². The zero-order valence-corrected chi connectivity index (χ0v) is 10.8. The fourth-order valence-corrected chi connectivity index (χ4v) is 1.59. The van der Waals surface area contributed by atoms with Crippen molar-refractivity contribution in [1.82, 2.24) is 4.98 Å². The van der Waals surface area contributed by atoms with E-state index in [1.54, 1.807) is 0 Å². The van der Waals surface area contributed by atoms with Crippen LogP contribution in [0.4, 0.5) is 20.4 Å². The molecule has 0 aliphatic rings. The molecule has 6 heteroatoms. The lowest BCUT2D eigenvalue weighted by Crippen LogP contribution is -2.11. The second kappa shape index (κ2) is 6.70. The molecule has 0 aliphatic heterocycles. The molecule has 1 aromatic carbocycles. The van der Waals surface area contributed by atoms with Gasteiger partial charge in [0.25, 0.3) is 0 Å². The van der Waals surface area contributed by atoms with Crippen LogP contribution in [0.2, 0.25) is 0 Å². The van der Waals surface area contributed by atoms with Crippen molar-refractivity contribution in [3.63, 3.8) is 0 Å². The van der Waals surface area contributed by atoms with Crippen molar-refractivity contribution in [2.75, 3.05) is 24.2 Å². The average molecular weight is 279 g/mol. The van der Waals surface area contributed by atoms with Crippen molar-refractivity contribution < 1.29 is 13.5 Å². The van der Waals surface area contributed by atoms with E-state index in [9.17, 15) is 8.78 Å². The number of ether oxygens (including phenoxy) is 1. The summed E-state index contributed by atoms with van der Waals surface area (Å²) in [5, 5.41) is 2.75. The minimum Gasteiger partial charge on any atom is -0.494 e. The molecule has 0 saturated carbocycles. The van der Waals surface area contributed by atoms with Crippen molar-refractivity contribution in [2.45, 2.75) is 6.42 Å². The SMILES string of the molecule is Nc1nc(NCCCOc2ccccc2)c(F)cc1F. The Morgan fingerprint density at radius 1 is 1.15 bits per heavy atom. The number of hydrogen-bond acceptors (Lipinski definition) is 4. The molecular formula is C14H15F2N3O. The van der Waals surface area contributed by atoms with Crippen LogP contribution in [-0.2, 0) is 0 Å². The van der Waals surface area contributed by atoms with Crippen LogP contribution in [0, 0.1) is 11.6 Å². The van der Waals surface area contributed by atoms with E-state index in [2.05, 4.69) is 10.3 Å². The third-order valence-electron chi connectivity index (χ3n) is 2.58. The van der Waals surface area contributed by atoms with Crippen LogP contribution in [0.25, 0.3) is 0 Å². The number of nitrogens with zero attached hydrogens (tertiary/aromatic N) is 1. The number of para-hydroxylation sites is 1. The van der Waals surface area contributed by atoms with E-state index in [1.807, 2.05) is 30.3 Å². The Morgan fingerprint density at radius 2 is 1.90 bits per heavy atom. The molecule has 0 radical (unpaired) electrons. The predicted octanol–water partition coefficient (Wildman–Crippen LogP) is 2.82. The molecule has 2 rings (SSSR count). The van der Waals surface area contributed by atoms with Crippen molar-refractivity contribution in [2.24, 2.45) is 0 Å². The minimum atomic E-state index is -0.861.